The minimum absolute atomic E-state index is 0.0676. The summed E-state index contributed by atoms with van der Waals surface area (Å²) in [6, 6.07) is 0. The lowest BCUT2D eigenvalue weighted by Crippen LogP contribution is -2.53. The monoisotopic (exact) mass is 217 g/mol. The van der Waals surface area contributed by atoms with Crippen molar-refractivity contribution < 1.29 is 19.4 Å². The number of carboxylic acid groups (broad SMARTS) is 1. The summed E-state index contributed by atoms with van der Waals surface area (Å²) in [7, 11) is 0. The molecule has 0 unspecified atom stereocenters. The molecule has 0 aliphatic carbocycles. The molecule has 0 radical (unpaired) electrons. The van der Waals surface area contributed by atoms with E-state index in [-0.39, 0.29) is 6.54 Å². The fourth-order valence-corrected chi connectivity index (χ4v) is 1.33. The van der Waals surface area contributed by atoms with Gasteiger partial charge in [-0.25, -0.2) is 0 Å². The maximum absolute atomic E-state index is 11.1. The van der Waals surface area contributed by atoms with Crippen LogP contribution in [0.15, 0.2) is 0 Å². The molecule has 0 spiro atoms. The van der Waals surface area contributed by atoms with Crippen LogP contribution in [0.25, 0.3) is 0 Å². The van der Waals surface area contributed by atoms with Gasteiger partial charge >= 0.3 is 11.9 Å². The van der Waals surface area contributed by atoms with Crippen LogP contribution in [0.5, 0.6) is 0 Å². The van der Waals surface area contributed by atoms with Gasteiger partial charge in [0.05, 0.1) is 13.2 Å². The Kier molecular flexibility index (Phi) is 5.93. The third-order valence-electron chi connectivity index (χ3n) is 2.49. The fraction of sp³-hybridized carbons (Fsp3) is 0.800. The first-order chi connectivity index (χ1) is 7.02. The Labute approximate surface area is 89.8 Å². The zero-order valence-electron chi connectivity index (χ0n) is 9.50. The van der Waals surface area contributed by atoms with Crippen LogP contribution < -0.4 is 5.32 Å². The van der Waals surface area contributed by atoms with Crippen LogP contribution in [-0.4, -0.2) is 35.7 Å². The van der Waals surface area contributed by atoms with E-state index in [1.54, 1.807) is 20.8 Å². The molecule has 5 heteroatoms. The largest absolute Gasteiger partial charge is 0.480 e. The van der Waals surface area contributed by atoms with Crippen molar-refractivity contribution in [3.8, 4) is 0 Å². The van der Waals surface area contributed by atoms with E-state index in [2.05, 4.69) is 5.32 Å². The molecule has 0 aromatic carbocycles. The molecule has 0 aliphatic heterocycles. The second-order valence-corrected chi connectivity index (χ2v) is 3.25. The van der Waals surface area contributed by atoms with Crippen molar-refractivity contribution in [3.05, 3.63) is 0 Å². The van der Waals surface area contributed by atoms with Crippen LogP contribution in [0.4, 0.5) is 0 Å². The number of carboxylic acids is 1. The van der Waals surface area contributed by atoms with Crippen LogP contribution in [0, 0.1) is 0 Å². The molecule has 0 bridgehead atoms. The molecule has 0 aliphatic rings. The zero-order chi connectivity index (χ0) is 11.9. The van der Waals surface area contributed by atoms with Gasteiger partial charge in [-0.3, -0.25) is 14.9 Å². The number of carbonyl (C=O) groups is 2. The number of nitrogens with one attached hydrogen (secondary N) is 1. The standard InChI is InChI=1S/C10H19NO4/c1-4-10(5-2,9(13)14)11-7-8(12)15-6-3/h11H,4-7H2,1-3H3,(H,13,14). The van der Waals surface area contributed by atoms with E-state index in [1.165, 1.54) is 0 Å². The first-order valence-corrected chi connectivity index (χ1v) is 5.16. The van der Waals surface area contributed by atoms with Crippen molar-refractivity contribution in [1.82, 2.24) is 5.32 Å². The average Bonchev–Trinajstić information content (AvgIpc) is 2.20. The molecule has 0 saturated carbocycles. The lowest BCUT2D eigenvalue weighted by atomic mass is 9.93. The van der Waals surface area contributed by atoms with Crippen molar-refractivity contribution in [3.63, 3.8) is 0 Å². The molecule has 0 saturated heterocycles. The van der Waals surface area contributed by atoms with E-state index in [4.69, 9.17) is 9.84 Å². The molecule has 0 atom stereocenters. The van der Waals surface area contributed by atoms with E-state index in [0.29, 0.717) is 19.4 Å². The molecule has 0 rings (SSSR count). The number of ether oxygens (including phenoxy) is 1. The van der Waals surface area contributed by atoms with Gasteiger partial charge < -0.3 is 9.84 Å². The molecule has 5 nitrogen and oxygen atoms in total. The summed E-state index contributed by atoms with van der Waals surface area (Å²) < 4.78 is 4.71. The highest BCUT2D eigenvalue weighted by Gasteiger charge is 2.34. The van der Waals surface area contributed by atoms with Gasteiger partial charge in [-0.2, -0.15) is 0 Å². The smallest absolute Gasteiger partial charge is 0.323 e. The second-order valence-electron chi connectivity index (χ2n) is 3.25. The summed E-state index contributed by atoms with van der Waals surface area (Å²) >= 11 is 0. The van der Waals surface area contributed by atoms with E-state index in [1.807, 2.05) is 0 Å². The molecular formula is C10H19NO4. The quantitative estimate of drug-likeness (QED) is 0.616. The number of aliphatic carboxylic acids is 1. The summed E-state index contributed by atoms with van der Waals surface area (Å²) in [5.74, 6) is -1.36. The fourth-order valence-electron chi connectivity index (χ4n) is 1.33. The highest BCUT2D eigenvalue weighted by molar-refractivity contribution is 5.80. The molecule has 0 heterocycles. The molecule has 0 amide bonds. The van der Waals surface area contributed by atoms with Crippen LogP contribution in [0.1, 0.15) is 33.6 Å². The van der Waals surface area contributed by atoms with Crippen molar-refractivity contribution in [2.75, 3.05) is 13.2 Å². The predicted octanol–water partition coefficient (Wildman–Crippen LogP) is 0.782. The Hall–Kier alpha value is -1.10. The van der Waals surface area contributed by atoms with Crippen molar-refractivity contribution in [2.45, 2.75) is 39.2 Å². The van der Waals surface area contributed by atoms with Crippen molar-refractivity contribution >= 4 is 11.9 Å². The minimum atomic E-state index is -1.02. The first kappa shape index (κ1) is 13.9. The van der Waals surface area contributed by atoms with E-state index >= 15 is 0 Å². The highest BCUT2D eigenvalue weighted by Crippen LogP contribution is 2.14. The van der Waals surface area contributed by atoms with Gasteiger partial charge in [-0.05, 0) is 19.8 Å². The maximum Gasteiger partial charge on any atom is 0.323 e. The Morgan fingerprint density at radius 1 is 1.27 bits per heavy atom. The molecular weight excluding hydrogens is 198 g/mol. The van der Waals surface area contributed by atoms with E-state index < -0.39 is 17.5 Å². The Bertz CT molecular complexity index is 223. The SMILES string of the molecule is CCOC(=O)CNC(CC)(CC)C(=O)O. The van der Waals surface area contributed by atoms with Crippen molar-refractivity contribution in [1.29, 1.82) is 0 Å². The number of rotatable bonds is 7. The molecule has 2 N–H and O–H groups in total. The van der Waals surface area contributed by atoms with Gasteiger partial charge in [0.2, 0.25) is 0 Å². The normalized spacial score (nSPS) is 11.1. The summed E-state index contributed by atoms with van der Waals surface area (Å²) in [5, 5.41) is 11.8. The first-order valence-electron chi connectivity index (χ1n) is 5.16. The number of esters is 1. The third-order valence-corrected chi connectivity index (χ3v) is 2.49. The number of hydrogen-bond acceptors (Lipinski definition) is 4. The zero-order valence-corrected chi connectivity index (χ0v) is 9.50. The molecule has 15 heavy (non-hydrogen) atoms. The van der Waals surface area contributed by atoms with E-state index in [9.17, 15) is 9.59 Å². The van der Waals surface area contributed by atoms with Gasteiger partial charge in [0.25, 0.3) is 0 Å². The van der Waals surface area contributed by atoms with Gasteiger partial charge in [-0.15, -0.1) is 0 Å². The third kappa shape index (κ3) is 3.87. The Balaban J connectivity index is 4.30. The van der Waals surface area contributed by atoms with E-state index in [0.717, 1.165) is 0 Å². The number of carbonyl (C=O) groups excluding carboxylic acids is 1. The summed E-state index contributed by atoms with van der Waals surface area (Å²) in [6.45, 7) is 5.49. The van der Waals surface area contributed by atoms with Crippen molar-refractivity contribution in [2.24, 2.45) is 0 Å². The predicted molar refractivity (Wildman–Crippen MR) is 55.6 cm³/mol. The lowest BCUT2D eigenvalue weighted by molar-refractivity contribution is -0.147. The Morgan fingerprint density at radius 2 is 1.80 bits per heavy atom. The van der Waals surface area contributed by atoms with Crippen LogP contribution in [0.2, 0.25) is 0 Å². The maximum atomic E-state index is 11.1. The van der Waals surface area contributed by atoms with Crippen LogP contribution in [-0.2, 0) is 14.3 Å². The highest BCUT2D eigenvalue weighted by atomic mass is 16.5. The lowest BCUT2D eigenvalue weighted by Gasteiger charge is -2.27. The van der Waals surface area contributed by atoms with Gasteiger partial charge in [0.1, 0.15) is 5.54 Å². The topological polar surface area (TPSA) is 75.6 Å². The van der Waals surface area contributed by atoms with Gasteiger partial charge in [0.15, 0.2) is 0 Å². The van der Waals surface area contributed by atoms with Gasteiger partial charge in [-0.1, -0.05) is 13.8 Å². The average molecular weight is 217 g/mol. The number of hydrogen-bond donors (Lipinski definition) is 2. The second kappa shape index (κ2) is 6.40. The minimum Gasteiger partial charge on any atom is -0.480 e. The molecule has 0 aromatic heterocycles. The summed E-state index contributed by atoms with van der Waals surface area (Å²) in [5.41, 5.74) is -1.02. The van der Waals surface area contributed by atoms with Crippen LogP contribution in [0.3, 0.4) is 0 Å². The van der Waals surface area contributed by atoms with Gasteiger partial charge in [0, 0.05) is 0 Å². The summed E-state index contributed by atoms with van der Waals surface area (Å²) in [6.07, 6.45) is 0.858. The molecule has 88 valence electrons. The molecule has 0 aromatic rings. The molecule has 0 fully saturated rings. The summed E-state index contributed by atoms with van der Waals surface area (Å²) in [4.78, 5) is 22.1. The Morgan fingerprint density at radius 3 is 2.13 bits per heavy atom. The van der Waals surface area contributed by atoms with Crippen LogP contribution >= 0.6 is 0 Å².